The van der Waals surface area contributed by atoms with E-state index in [2.05, 4.69) is 28.2 Å². The lowest BCUT2D eigenvalue weighted by Gasteiger charge is -2.32. The van der Waals surface area contributed by atoms with Crippen LogP contribution in [-0.4, -0.2) is 43.3 Å². The summed E-state index contributed by atoms with van der Waals surface area (Å²) in [6.45, 7) is 4.57. The van der Waals surface area contributed by atoms with Gasteiger partial charge in [0, 0.05) is 31.2 Å². The Morgan fingerprint density at radius 3 is 3.11 bits per heavy atom. The van der Waals surface area contributed by atoms with Crippen LogP contribution in [0.4, 0.5) is 0 Å². The zero-order valence-corrected chi connectivity index (χ0v) is 12.2. The van der Waals surface area contributed by atoms with Crippen molar-refractivity contribution in [2.24, 2.45) is 0 Å². The van der Waals surface area contributed by atoms with Crippen molar-refractivity contribution in [3.8, 4) is 11.5 Å². The first-order chi connectivity index (χ1) is 9.15. The van der Waals surface area contributed by atoms with Crippen LogP contribution in [-0.2, 0) is 0 Å². The van der Waals surface area contributed by atoms with Crippen LogP contribution >= 0.6 is 15.9 Å². The predicted octanol–water partition coefficient (Wildman–Crippen LogP) is 1.61. The molecule has 5 nitrogen and oxygen atoms in total. The van der Waals surface area contributed by atoms with Gasteiger partial charge in [-0.3, -0.25) is 4.79 Å². The molecule has 102 valence electrons. The van der Waals surface area contributed by atoms with Crippen LogP contribution in [0.3, 0.4) is 0 Å². The standard InChI is InChI=1S/C13H15BrN2O3/c1-8-6-16(3-2-15-8)13(17)9-4-10(14)12-11(5-9)18-7-19-12/h4-5,8,15H,2-3,6-7H2,1H3/t8-/m1/s1. The van der Waals surface area contributed by atoms with E-state index in [4.69, 9.17) is 9.47 Å². The third-order valence-electron chi connectivity index (χ3n) is 3.33. The van der Waals surface area contributed by atoms with Gasteiger partial charge < -0.3 is 19.7 Å². The van der Waals surface area contributed by atoms with E-state index in [-0.39, 0.29) is 12.7 Å². The molecule has 1 N–H and O–H groups in total. The second kappa shape index (κ2) is 5.02. The number of ether oxygens (including phenoxy) is 2. The molecule has 0 spiro atoms. The topological polar surface area (TPSA) is 50.8 Å². The number of carbonyl (C=O) groups excluding carboxylic acids is 1. The number of fused-ring (bicyclic) bond motifs is 1. The van der Waals surface area contributed by atoms with E-state index in [1.807, 2.05) is 4.90 Å². The summed E-state index contributed by atoms with van der Waals surface area (Å²) in [5, 5.41) is 3.32. The zero-order valence-electron chi connectivity index (χ0n) is 10.6. The van der Waals surface area contributed by atoms with Crippen molar-refractivity contribution in [2.45, 2.75) is 13.0 Å². The highest BCUT2D eigenvalue weighted by atomic mass is 79.9. The second-order valence-corrected chi connectivity index (χ2v) is 5.65. The molecule has 2 aliphatic heterocycles. The number of benzene rings is 1. The minimum Gasteiger partial charge on any atom is -0.454 e. The first-order valence-electron chi connectivity index (χ1n) is 6.27. The van der Waals surface area contributed by atoms with Gasteiger partial charge in [0.25, 0.3) is 5.91 Å². The molecule has 6 heteroatoms. The Morgan fingerprint density at radius 1 is 1.47 bits per heavy atom. The fourth-order valence-electron chi connectivity index (χ4n) is 2.39. The fourth-order valence-corrected chi connectivity index (χ4v) is 2.95. The van der Waals surface area contributed by atoms with Gasteiger partial charge in [-0.15, -0.1) is 0 Å². The van der Waals surface area contributed by atoms with Crippen LogP contribution in [0.1, 0.15) is 17.3 Å². The third kappa shape index (κ3) is 2.42. The van der Waals surface area contributed by atoms with E-state index in [0.717, 1.165) is 24.1 Å². The van der Waals surface area contributed by atoms with E-state index < -0.39 is 0 Å². The molecule has 0 saturated carbocycles. The average Bonchev–Trinajstić information content (AvgIpc) is 2.86. The van der Waals surface area contributed by atoms with Gasteiger partial charge in [0.05, 0.1) is 4.47 Å². The first kappa shape index (κ1) is 12.7. The van der Waals surface area contributed by atoms with E-state index in [0.29, 0.717) is 23.1 Å². The molecule has 2 heterocycles. The number of amides is 1. The lowest BCUT2D eigenvalue weighted by atomic mass is 10.1. The van der Waals surface area contributed by atoms with Crippen LogP contribution in [0.15, 0.2) is 16.6 Å². The van der Waals surface area contributed by atoms with Crippen LogP contribution in [0.5, 0.6) is 11.5 Å². The monoisotopic (exact) mass is 326 g/mol. The molecule has 19 heavy (non-hydrogen) atoms. The van der Waals surface area contributed by atoms with Crippen molar-refractivity contribution >= 4 is 21.8 Å². The maximum atomic E-state index is 12.5. The lowest BCUT2D eigenvalue weighted by molar-refractivity contribution is 0.0708. The van der Waals surface area contributed by atoms with E-state index in [9.17, 15) is 4.79 Å². The van der Waals surface area contributed by atoms with Crippen molar-refractivity contribution in [1.29, 1.82) is 0 Å². The van der Waals surface area contributed by atoms with Crippen molar-refractivity contribution in [2.75, 3.05) is 26.4 Å². The molecule has 0 radical (unpaired) electrons. The normalized spacial score (nSPS) is 21.6. The molecule has 1 fully saturated rings. The molecule has 1 amide bonds. The molecule has 1 saturated heterocycles. The molecule has 1 atom stereocenters. The summed E-state index contributed by atoms with van der Waals surface area (Å²) in [4.78, 5) is 14.3. The molecule has 0 unspecified atom stereocenters. The largest absolute Gasteiger partial charge is 0.454 e. The molecule has 1 aromatic rings. The quantitative estimate of drug-likeness (QED) is 0.852. The highest BCUT2D eigenvalue weighted by Crippen LogP contribution is 2.40. The summed E-state index contributed by atoms with van der Waals surface area (Å²) < 4.78 is 11.4. The molecule has 1 aromatic carbocycles. The Kier molecular flexibility index (Phi) is 3.36. The molecular formula is C13H15BrN2O3. The van der Waals surface area contributed by atoms with E-state index in [1.54, 1.807) is 12.1 Å². The second-order valence-electron chi connectivity index (χ2n) is 4.80. The number of rotatable bonds is 1. The Labute approximate surface area is 120 Å². The molecule has 0 bridgehead atoms. The van der Waals surface area contributed by atoms with Gasteiger partial charge in [-0.05, 0) is 35.0 Å². The van der Waals surface area contributed by atoms with Gasteiger partial charge in [0.2, 0.25) is 6.79 Å². The van der Waals surface area contributed by atoms with Gasteiger partial charge in [0.15, 0.2) is 11.5 Å². The summed E-state index contributed by atoms with van der Waals surface area (Å²) in [5.74, 6) is 1.33. The van der Waals surface area contributed by atoms with Gasteiger partial charge in [0.1, 0.15) is 0 Å². The van der Waals surface area contributed by atoms with Gasteiger partial charge in [-0.25, -0.2) is 0 Å². The van der Waals surface area contributed by atoms with Gasteiger partial charge >= 0.3 is 0 Å². The third-order valence-corrected chi connectivity index (χ3v) is 3.92. The Balaban J connectivity index is 1.86. The first-order valence-corrected chi connectivity index (χ1v) is 7.06. The number of nitrogens with one attached hydrogen (secondary N) is 1. The average molecular weight is 327 g/mol. The summed E-state index contributed by atoms with van der Waals surface area (Å²) in [5.41, 5.74) is 0.630. The molecule has 2 aliphatic rings. The number of carbonyl (C=O) groups is 1. The summed E-state index contributed by atoms with van der Waals surface area (Å²) in [6, 6.07) is 3.88. The number of hydrogen-bond acceptors (Lipinski definition) is 4. The van der Waals surface area contributed by atoms with Crippen molar-refractivity contribution in [3.05, 3.63) is 22.2 Å². The van der Waals surface area contributed by atoms with Crippen molar-refractivity contribution < 1.29 is 14.3 Å². The molecular weight excluding hydrogens is 312 g/mol. The zero-order chi connectivity index (χ0) is 13.4. The van der Waals surface area contributed by atoms with Crippen LogP contribution in [0.25, 0.3) is 0 Å². The number of hydrogen-bond donors (Lipinski definition) is 1. The molecule has 0 aliphatic carbocycles. The Hall–Kier alpha value is -1.27. The number of piperazine rings is 1. The van der Waals surface area contributed by atoms with Gasteiger partial charge in [-0.1, -0.05) is 0 Å². The number of nitrogens with zero attached hydrogens (tertiary/aromatic N) is 1. The minimum absolute atomic E-state index is 0.0346. The predicted molar refractivity (Wildman–Crippen MR) is 73.6 cm³/mol. The van der Waals surface area contributed by atoms with Crippen molar-refractivity contribution in [3.63, 3.8) is 0 Å². The maximum absolute atomic E-state index is 12.5. The smallest absolute Gasteiger partial charge is 0.254 e. The summed E-state index contributed by atoms with van der Waals surface area (Å²) in [6.07, 6.45) is 0. The highest BCUT2D eigenvalue weighted by Gasteiger charge is 2.25. The van der Waals surface area contributed by atoms with Crippen LogP contribution in [0, 0.1) is 0 Å². The summed E-state index contributed by atoms with van der Waals surface area (Å²) in [7, 11) is 0. The SMILES string of the molecule is C[C@@H]1CN(C(=O)c2cc(Br)c3c(c2)OCO3)CCN1. The van der Waals surface area contributed by atoms with Crippen molar-refractivity contribution in [1.82, 2.24) is 10.2 Å². The summed E-state index contributed by atoms with van der Waals surface area (Å²) >= 11 is 3.41. The maximum Gasteiger partial charge on any atom is 0.254 e. The lowest BCUT2D eigenvalue weighted by Crippen LogP contribution is -2.51. The Bertz CT molecular complexity index is 521. The highest BCUT2D eigenvalue weighted by molar-refractivity contribution is 9.10. The molecule has 0 aromatic heterocycles. The van der Waals surface area contributed by atoms with E-state index in [1.165, 1.54) is 0 Å². The number of halogens is 1. The van der Waals surface area contributed by atoms with Crippen LogP contribution < -0.4 is 14.8 Å². The van der Waals surface area contributed by atoms with Crippen LogP contribution in [0.2, 0.25) is 0 Å². The minimum atomic E-state index is 0.0346. The fraction of sp³-hybridized carbons (Fsp3) is 0.462. The van der Waals surface area contributed by atoms with Gasteiger partial charge in [-0.2, -0.15) is 0 Å². The Morgan fingerprint density at radius 2 is 2.32 bits per heavy atom. The van der Waals surface area contributed by atoms with E-state index >= 15 is 0 Å². The molecule has 3 rings (SSSR count).